The standard InChI is InChI=1S/C24H20Cl2N4O2.C23H18Cl2N4O2.C23H20Cl2N4O2/c1-30-13-12-27-22(30)15-2-4-16(5-3-15)23(31)29-21-11-8-18(26)14-20(21)24(32)28-19-9-6-17(25)7-10-19;24-16-5-8-18(9-6-16)27-23(31)19-13-17(25)7-10-20(19)28-22(30)15-3-1-14(2-4-15)21(26)29-11-12-29;1-29(2)21(26)14-3-5-15(6-4-14)22(30)28-20-12-9-17(25)13-19(20)23(31)27-18-10-7-16(24)8-11-18/h2-11,14H,12-13H2,1H3,(H,28,32)(H,29,31);1-10,13,26H,11-12H2,(H,27,31)(H,28,30);3-13,26H,1-2H3,(H,27,31)(H,28,30). The number of benzene rings is 9. The fourth-order valence-corrected chi connectivity index (χ4v) is 10.0. The predicted molar refractivity (Wildman–Crippen MR) is 379 cm³/mol. The summed E-state index contributed by atoms with van der Waals surface area (Å²) in [5, 5.41) is 35.5. The Balaban J connectivity index is 0.000000166. The second-order valence-corrected chi connectivity index (χ2v) is 23.9. The van der Waals surface area contributed by atoms with Gasteiger partial charge >= 0.3 is 0 Å². The number of carbonyl (C=O) groups excluding carboxylic acids is 6. The first kappa shape index (κ1) is 68.3. The molecule has 2 heterocycles. The molecule has 0 spiro atoms. The Morgan fingerprint density at radius 3 is 1.00 bits per heavy atom. The van der Waals surface area contributed by atoms with E-state index in [4.69, 9.17) is 80.4 Å². The lowest BCUT2D eigenvalue weighted by atomic mass is 10.1. The first-order chi connectivity index (χ1) is 45.0. The van der Waals surface area contributed by atoms with Gasteiger partial charge in [-0.25, -0.2) is 0 Å². The van der Waals surface area contributed by atoms with E-state index in [0.717, 1.165) is 43.1 Å². The lowest BCUT2D eigenvalue weighted by Crippen LogP contribution is -2.23. The minimum atomic E-state index is -0.421. The maximum atomic E-state index is 12.8. The summed E-state index contributed by atoms with van der Waals surface area (Å²) in [6.45, 7) is 3.43. The fourth-order valence-electron chi connectivity index (χ4n) is 9.11. The van der Waals surface area contributed by atoms with Gasteiger partial charge < -0.3 is 46.6 Å². The molecular formula is C70H58Cl6N12O6. The minimum Gasteiger partial charge on any atom is -0.363 e. The van der Waals surface area contributed by atoms with Crippen LogP contribution in [0.3, 0.4) is 0 Å². The van der Waals surface area contributed by atoms with E-state index in [1.807, 2.05) is 24.1 Å². The molecule has 0 unspecified atom stereocenters. The predicted octanol–water partition coefficient (Wildman–Crippen LogP) is 15.7. The number of nitrogens with zero attached hydrogens (tertiary/aromatic N) is 4. The van der Waals surface area contributed by atoms with Crippen molar-refractivity contribution in [3.8, 4) is 0 Å². The quantitative estimate of drug-likeness (QED) is 0.0276. The highest BCUT2D eigenvalue weighted by molar-refractivity contribution is 6.33. The summed E-state index contributed by atoms with van der Waals surface area (Å²) >= 11 is 35.9. The van der Waals surface area contributed by atoms with E-state index >= 15 is 0 Å². The molecule has 11 rings (SSSR count). The highest BCUT2D eigenvalue weighted by Crippen LogP contribution is 2.28. The van der Waals surface area contributed by atoms with Crippen molar-refractivity contribution in [2.45, 2.75) is 0 Å². The van der Waals surface area contributed by atoms with Crippen LogP contribution in [0.5, 0.6) is 0 Å². The molecule has 0 atom stereocenters. The van der Waals surface area contributed by atoms with Crippen LogP contribution in [0.1, 0.15) is 78.8 Å². The molecule has 0 radical (unpaired) electrons. The molecule has 9 aromatic rings. The van der Waals surface area contributed by atoms with E-state index in [0.29, 0.717) is 98.2 Å². The fraction of sp³-hybridized carbons (Fsp3) is 0.100. The van der Waals surface area contributed by atoms with E-state index in [2.05, 4.69) is 41.8 Å². The van der Waals surface area contributed by atoms with Crippen LogP contribution in [0.4, 0.5) is 34.1 Å². The molecule has 2 aliphatic rings. The number of rotatable bonds is 15. The summed E-state index contributed by atoms with van der Waals surface area (Å²) in [7, 11) is 5.55. The number of anilines is 6. The minimum absolute atomic E-state index is 0.224. The molecule has 0 bridgehead atoms. The number of carbonyl (C=O) groups is 6. The summed E-state index contributed by atoms with van der Waals surface area (Å²) < 4.78 is 0. The molecule has 94 heavy (non-hydrogen) atoms. The van der Waals surface area contributed by atoms with Crippen LogP contribution in [0.15, 0.2) is 205 Å². The molecule has 8 N–H and O–H groups in total. The number of amidine groups is 3. The van der Waals surface area contributed by atoms with Gasteiger partial charge in [0.1, 0.15) is 17.5 Å². The van der Waals surface area contributed by atoms with Crippen molar-refractivity contribution in [3.05, 3.63) is 280 Å². The van der Waals surface area contributed by atoms with Crippen LogP contribution >= 0.6 is 69.6 Å². The van der Waals surface area contributed by atoms with Crippen LogP contribution < -0.4 is 31.9 Å². The molecule has 1 saturated heterocycles. The van der Waals surface area contributed by atoms with E-state index in [1.165, 1.54) is 18.2 Å². The number of aliphatic imine (C=N–C) groups is 1. The van der Waals surface area contributed by atoms with E-state index in [9.17, 15) is 28.8 Å². The molecule has 2 aliphatic heterocycles. The van der Waals surface area contributed by atoms with Gasteiger partial charge in [0, 0.05) is 121 Å². The van der Waals surface area contributed by atoms with Crippen LogP contribution in [-0.2, 0) is 0 Å². The number of amides is 6. The SMILES string of the molecule is CN(C)C(=N)c1ccc(C(=O)Nc2ccc(Cl)cc2C(=O)Nc2ccc(Cl)cc2)cc1.CN1CCN=C1c1ccc(C(=O)Nc2ccc(Cl)cc2C(=O)Nc2ccc(Cl)cc2)cc1.N=C(c1ccc(C(=O)Nc2ccc(Cl)cc2C(=O)Nc2ccc(Cl)cc2)cc1)N1CC1. The first-order valence-corrected chi connectivity index (χ1v) is 31.0. The average Bonchev–Trinajstić information content (AvgIpc) is 1.13. The number of nitrogens with one attached hydrogen (secondary N) is 8. The summed E-state index contributed by atoms with van der Waals surface area (Å²) in [6.07, 6.45) is 0. The van der Waals surface area contributed by atoms with E-state index < -0.39 is 17.7 Å². The number of halogens is 6. The van der Waals surface area contributed by atoms with Crippen molar-refractivity contribution in [2.75, 3.05) is 79.2 Å². The smallest absolute Gasteiger partial charge is 0.257 e. The molecule has 1 fully saturated rings. The molecule has 0 saturated carbocycles. The third kappa shape index (κ3) is 18.6. The highest BCUT2D eigenvalue weighted by atomic mass is 35.5. The molecule has 476 valence electrons. The number of hydrogen-bond donors (Lipinski definition) is 8. The highest BCUT2D eigenvalue weighted by Gasteiger charge is 2.24. The van der Waals surface area contributed by atoms with Gasteiger partial charge in [0.05, 0.1) is 40.3 Å². The van der Waals surface area contributed by atoms with Gasteiger partial charge in [-0.15, -0.1) is 0 Å². The topological polar surface area (TPSA) is 244 Å². The third-order valence-corrected chi connectivity index (χ3v) is 15.7. The average molecular weight is 1380 g/mol. The Hall–Kier alpha value is -10.1. The van der Waals surface area contributed by atoms with Crippen LogP contribution in [0.2, 0.25) is 30.1 Å². The van der Waals surface area contributed by atoms with Crippen LogP contribution in [0, 0.1) is 10.8 Å². The largest absolute Gasteiger partial charge is 0.363 e. The van der Waals surface area contributed by atoms with Gasteiger partial charge in [0.25, 0.3) is 35.4 Å². The van der Waals surface area contributed by atoms with Crippen LogP contribution in [-0.4, -0.2) is 115 Å². The molecular weight excluding hydrogens is 1320 g/mol. The Morgan fingerprint density at radius 1 is 0.383 bits per heavy atom. The van der Waals surface area contributed by atoms with E-state index in [1.54, 1.807) is 189 Å². The second kappa shape index (κ2) is 31.5. The zero-order valence-corrected chi connectivity index (χ0v) is 54.9. The van der Waals surface area contributed by atoms with Gasteiger partial charge in [-0.1, -0.05) is 106 Å². The summed E-state index contributed by atoms with van der Waals surface area (Å²) in [4.78, 5) is 86.9. The maximum Gasteiger partial charge on any atom is 0.257 e. The van der Waals surface area contributed by atoms with Gasteiger partial charge in [-0.2, -0.15) is 0 Å². The number of likely N-dealkylation sites (N-methyl/N-ethyl adjacent to an activating group) is 1. The van der Waals surface area contributed by atoms with Crippen LogP contribution in [0.25, 0.3) is 0 Å². The Kier molecular flexibility index (Phi) is 22.9. The summed E-state index contributed by atoms with van der Waals surface area (Å²) in [5.41, 5.74) is 7.11. The molecule has 6 amide bonds. The zero-order valence-electron chi connectivity index (χ0n) is 50.4. The number of hydrogen-bond acceptors (Lipinski definition) is 10. The van der Waals surface area contributed by atoms with Crippen molar-refractivity contribution in [1.29, 1.82) is 10.8 Å². The lowest BCUT2D eigenvalue weighted by Gasteiger charge is -2.14. The monoisotopic (exact) mass is 1370 g/mol. The third-order valence-electron chi connectivity index (χ3n) is 14.2. The van der Waals surface area contributed by atoms with Gasteiger partial charge in [0.2, 0.25) is 0 Å². The van der Waals surface area contributed by atoms with Crippen molar-refractivity contribution in [1.82, 2.24) is 14.7 Å². The Morgan fingerprint density at radius 2 is 0.691 bits per heavy atom. The zero-order chi connectivity index (χ0) is 67.2. The van der Waals surface area contributed by atoms with Gasteiger partial charge in [-0.3, -0.25) is 44.6 Å². The van der Waals surface area contributed by atoms with Gasteiger partial charge in [-0.05, 0) is 164 Å². The normalized spacial score (nSPS) is 11.9. The molecule has 0 aliphatic carbocycles. The first-order valence-electron chi connectivity index (χ1n) is 28.8. The second-order valence-electron chi connectivity index (χ2n) is 21.3. The molecule has 9 aromatic carbocycles. The Bertz CT molecular complexity index is 4190. The summed E-state index contributed by atoms with van der Waals surface area (Å²) in [6, 6.07) is 54.9. The molecule has 24 heteroatoms. The molecule has 0 aromatic heterocycles. The Labute approximate surface area is 571 Å². The van der Waals surface area contributed by atoms with Crippen molar-refractivity contribution >= 4 is 157 Å². The van der Waals surface area contributed by atoms with Crippen molar-refractivity contribution in [2.24, 2.45) is 4.99 Å². The maximum absolute atomic E-state index is 12.8. The molecule has 18 nitrogen and oxygen atoms in total. The van der Waals surface area contributed by atoms with Gasteiger partial charge in [0.15, 0.2) is 0 Å². The van der Waals surface area contributed by atoms with E-state index in [-0.39, 0.29) is 34.4 Å². The lowest BCUT2D eigenvalue weighted by molar-refractivity contribution is 0.101. The van der Waals surface area contributed by atoms with Crippen molar-refractivity contribution < 1.29 is 28.8 Å². The van der Waals surface area contributed by atoms with Crippen molar-refractivity contribution in [3.63, 3.8) is 0 Å². The summed E-state index contributed by atoms with van der Waals surface area (Å²) in [5.74, 6) is -0.618.